The van der Waals surface area contributed by atoms with Crippen molar-refractivity contribution in [2.75, 3.05) is 11.9 Å². The van der Waals surface area contributed by atoms with Gasteiger partial charge in [0.1, 0.15) is 17.9 Å². The van der Waals surface area contributed by atoms with Gasteiger partial charge >= 0.3 is 6.01 Å². The third-order valence-electron chi connectivity index (χ3n) is 4.82. The minimum Gasteiger partial charge on any atom is -0.458 e. The highest BCUT2D eigenvalue weighted by molar-refractivity contribution is 6.35. The van der Waals surface area contributed by atoms with Crippen molar-refractivity contribution in [2.45, 2.75) is 33.3 Å². The number of hydrogen-bond donors (Lipinski definition) is 1. The topological polar surface area (TPSA) is 95.6 Å². The number of halogens is 1. The molecule has 3 aromatic heterocycles. The number of anilines is 1. The Bertz CT molecular complexity index is 1170. The zero-order valence-electron chi connectivity index (χ0n) is 17.8. The van der Waals surface area contributed by atoms with Gasteiger partial charge in [0.25, 0.3) is 5.95 Å². The lowest BCUT2D eigenvalue weighted by Gasteiger charge is -2.10. The van der Waals surface area contributed by atoms with Crippen LogP contribution in [0, 0.1) is 5.92 Å². The Kier molecular flexibility index (Phi) is 6.31. The highest BCUT2D eigenvalue weighted by atomic mass is 35.5. The molecule has 9 nitrogen and oxygen atoms in total. The number of pyridine rings is 1. The van der Waals surface area contributed by atoms with Gasteiger partial charge in [0.15, 0.2) is 0 Å². The number of imidazole rings is 1. The van der Waals surface area contributed by atoms with E-state index < -0.39 is 0 Å². The van der Waals surface area contributed by atoms with Gasteiger partial charge in [0.2, 0.25) is 0 Å². The molecule has 0 saturated heterocycles. The van der Waals surface area contributed by atoms with Gasteiger partial charge in [-0.05, 0) is 53.5 Å². The lowest BCUT2D eigenvalue weighted by Crippen LogP contribution is -2.09. The molecule has 0 aliphatic rings. The molecule has 31 heavy (non-hydrogen) atoms. The number of nitrogens with zero attached hydrogens (tertiary/aromatic N) is 7. The molecule has 0 aliphatic heterocycles. The third kappa shape index (κ3) is 4.77. The van der Waals surface area contributed by atoms with Gasteiger partial charge in [-0.25, -0.2) is 14.2 Å². The number of aromatic nitrogens is 7. The minimum absolute atomic E-state index is 0.244. The largest absolute Gasteiger partial charge is 0.458 e. The average molecular weight is 441 g/mol. The maximum absolute atomic E-state index is 6.35. The second-order valence-corrected chi connectivity index (χ2v) is 8.11. The Hall–Kier alpha value is -3.20. The van der Waals surface area contributed by atoms with Crippen molar-refractivity contribution in [3.8, 4) is 12.0 Å². The molecule has 3 heterocycles. The molecule has 0 bridgehead atoms. The Morgan fingerprint density at radius 3 is 2.74 bits per heavy atom. The Morgan fingerprint density at radius 2 is 1.97 bits per heavy atom. The Balaban J connectivity index is 1.54. The summed E-state index contributed by atoms with van der Waals surface area (Å²) in [6.45, 7) is 5.60. The van der Waals surface area contributed by atoms with E-state index in [1.54, 1.807) is 22.4 Å². The van der Waals surface area contributed by atoms with Crippen molar-refractivity contribution in [2.24, 2.45) is 13.0 Å². The van der Waals surface area contributed by atoms with Crippen LogP contribution >= 0.6 is 11.6 Å². The number of benzene rings is 1. The van der Waals surface area contributed by atoms with Gasteiger partial charge in [-0.15, -0.1) is 0 Å². The molecule has 4 aromatic rings. The SMILES string of the molecule is CC(C)CCCNc1cccc(COc2nc3c(Cl)cccc3n2-c2nnnn2C)n1. The van der Waals surface area contributed by atoms with Gasteiger partial charge < -0.3 is 10.1 Å². The first-order valence-corrected chi connectivity index (χ1v) is 10.6. The van der Waals surface area contributed by atoms with Crippen molar-refractivity contribution >= 4 is 28.5 Å². The van der Waals surface area contributed by atoms with Gasteiger partial charge in [-0.1, -0.05) is 42.7 Å². The van der Waals surface area contributed by atoms with Crippen molar-refractivity contribution in [1.29, 1.82) is 0 Å². The first-order chi connectivity index (χ1) is 15.0. The van der Waals surface area contributed by atoms with Crippen LogP contribution < -0.4 is 10.1 Å². The lowest BCUT2D eigenvalue weighted by atomic mass is 10.1. The van der Waals surface area contributed by atoms with Crippen molar-refractivity contribution in [3.05, 3.63) is 47.1 Å². The molecule has 1 N–H and O–H groups in total. The molecule has 4 rings (SSSR count). The van der Waals surface area contributed by atoms with Crippen LogP contribution in [0.25, 0.3) is 17.0 Å². The number of rotatable bonds is 9. The first-order valence-electron chi connectivity index (χ1n) is 10.2. The second-order valence-electron chi connectivity index (χ2n) is 7.71. The smallest absolute Gasteiger partial charge is 0.305 e. The van der Waals surface area contributed by atoms with E-state index in [0.29, 0.717) is 28.4 Å². The van der Waals surface area contributed by atoms with Gasteiger partial charge in [-0.3, -0.25) is 0 Å². The van der Waals surface area contributed by atoms with Crippen LogP contribution in [0.15, 0.2) is 36.4 Å². The summed E-state index contributed by atoms with van der Waals surface area (Å²) < 4.78 is 9.34. The number of hydrogen-bond acceptors (Lipinski definition) is 7. The number of aryl methyl sites for hydroxylation is 1. The summed E-state index contributed by atoms with van der Waals surface area (Å²) in [5.74, 6) is 2.01. The van der Waals surface area contributed by atoms with Crippen LogP contribution in [0.1, 0.15) is 32.4 Å². The Morgan fingerprint density at radius 1 is 1.13 bits per heavy atom. The summed E-state index contributed by atoms with van der Waals surface area (Å²) in [7, 11) is 1.76. The number of fused-ring (bicyclic) bond motifs is 1. The molecule has 0 radical (unpaired) electrons. The maximum Gasteiger partial charge on any atom is 0.305 e. The molecule has 0 fully saturated rings. The number of para-hydroxylation sites is 1. The van der Waals surface area contributed by atoms with Gasteiger partial charge in [0.05, 0.1) is 16.2 Å². The summed E-state index contributed by atoms with van der Waals surface area (Å²) in [5.41, 5.74) is 2.17. The van der Waals surface area contributed by atoms with Crippen molar-refractivity contribution < 1.29 is 4.74 Å². The van der Waals surface area contributed by atoms with E-state index in [2.05, 4.69) is 44.7 Å². The fourth-order valence-corrected chi connectivity index (χ4v) is 3.48. The summed E-state index contributed by atoms with van der Waals surface area (Å²) in [6, 6.07) is 11.7. The predicted octanol–water partition coefficient (Wildman–Crippen LogP) is 4.02. The van der Waals surface area contributed by atoms with Crippen LogP contribution in [0.4, 0.5) is 5.82 Å². The quantitative estimate of drug-likeness (QED) is 0.392. The highest BCUT2D eigenvalue weighted by Gasteiger charge is 2.19. The molecule has 10 heteroatoms. The zero-order chi connectivity index (χ0) is 21.8. The molecular weight excluding hydrogens is 416 g/mol. The lowest BCUT2D eigenvalue weighted by molar-refractivity contribution is 0.272. The number of nitrogens with one attached hydrogen (secondary N) is 1. The fourth-order valence-electron chi connectivity index (χ4n) is 3.27. The summed E-state index contributed by atoms with van der Waals surface area (Å²) in [5, 5.41) is 15.6. The van der Waals surface area contributed by atoms with Crippen molar-refractivity contribution in [1.82, 2.24) is 34.7 Å². The van der Waals surface area contributed by atoms with E-state index in [1.165, 1.54) is 6.42 Å². The molecule has 1 aromatic carbocycles. The minimum atomic E-state index is 0.244. The molecule has 0 aliphatic carbocycles. The highest BCUT2D eigenvalue weighted by Crippen LogP contribution is 2.29. The molecule has 162 valence electrons. The van der Waals surface area contributed by atoms with Crippen molar-refractivity contribution in [3.63, 3.8) is 0 Å². The summed E-state index contributed by atoms with van der Waals surface area (Å²) >= 11 is 6.35. The van der Waals surface area contributed by atoms with E-state index >= 15 is 0 Å². The standard InChI is InChI=1S/C21H25ClN8O/c1-14(2)7-6-12-23-18-11-4-8-15(24-18)13-31-21-25-19-16(22)9-5-10-17(19)30(21)20-26-27-28-29(20)3/h4-5,8-11,14H,6-7,12-13H2,1-3H3,(H,23,24). The van der Waals surface area contributed by atoms with E-state index in [9.17, 15) is 0 Å². The van der Waals surface area contributed by atoms with E-state index in [4.69, 9.17) is 16.3 Å². The number of tetrazole rings is 1. The molecule has 0 amide bonds. The first kappa shape index (κ1) is 21.0. The van der Waals surface area contributed by atoms with Crippen LogP contribution in [0.3, 0.4) is 0 Å². The van der Waals surface area contributed by atoms with Gasteiger partial charge in [0, 0.05) is 13.6 Å². The van der Waals surface area contributed by atoms with E-state index in [1.807, 2.05) is 30.3 Å². The molecule has 0 saturated carbocycles. The Labute approximate surface area is 185 Å². The van der Waals surface area contributed by atoms with E-state index in [0.717, 1.165) is 30.0 Å². The molecular formula is C21H25ClN8O. The van der Waals surface area contributed by atoms with Gasteiger partial charge in [-0.2, -0.15) is 4.98 Å². The zero-order valence-corrected chi connectivity index (χ0v) is 18.5. The second kappa shape index (κ2) is 9.30. The van der Waals surface area contributed by atoms with Crippen LogP contribution in [0.5, 0.6) is 6.01 Å². The molecule has 0 atom stereocenters. The van der Waals surface area contributed by atoms with Crippen LogP contribution in [-0.4, -0.2) is 41.3 Å². The van der Waals surface area contributed by atoms with Crippen LogP contribution in [0.2, 0.25) is 5.02 Å². The summed E-state index contributed by atoms with van der Waals surface area (Å²) in [4.78, 5) is 9.22. The normalized spacial score (nSPS) is 11.4. The average Bonchev–Trinajstić information content (AvgIpc) is 3.33. The third-order valence-corrected chi connectivity index (χ3v) is 5.13. The van der Waals surface area contributed by atoms with Crippen LogP contribution in [-0.2, 0) is 13.7 Å². The predicted molar refractivity (Wildman–Crippen MR) is 120 cm³/mol. The monoisotopic (exact) mass is 440 g/mol. The number of ether oxygens (including phenoxy) is 1. The molecule has 0 unspecified atom stereocenters. The fraction of sp³-hybridized carbons (Fsp3) is 0.381. The molecule has 0 spiro atoms. The summed E-state index contributed by atoms with van der Waals surface area (Å²) in [6.07, 6.45) is 2.29. The maximum atomic E-state index is 6.35. The van der Waals surface area contributed by atoms with E-state index in [-0.39, 0.29) is 6.61 Å².